The summed E-state index contributed by atoms with van der Waals surface area (Å²) in [5.74, 6) is -1.74. The smallest absolute Gasteiger partial charge is 0.306 e. The van der Waals surface area contributed by atoms with E-state index in [2.05, 4.69) is 26.0 Å². The number of unbranched alkanes of at least 4 members (excludes halogenated alkanes) is 24. The minimum absolute atomic E-state index is 0.0426. The molecular weight excluding hydrogens is 666 g/mol. The number of allylic oxidation sites excluding steroid dienone is 2. The summed E-state index contributed by atoms with van der Waals surface area (Å²) < 4.78 is 17.1. The molecule has 8 nitrogen and oxygen atoms in total. The largest absolute Gasteiger partial charge is 0.544 e. The predicted molar refractivity (Wildman–Crippen MR) is 217 cm³/mol. The predicted octanol–water partition coefficient (Wildman–Crippen LogP) is 10.6. The highest BCUT2D eigenvalue weighted by atomic mass is 16.6. The van der Waals surface area contributed by atoms with Crippen LogP contribution in [0.3, 0.4) is 0 Å². The Bertz CT molecular complexity index is 885. The van der Waals surface area contributed by atoms with Crippen LogP contribution in [0.4, 0.5) is 0 Å². The lowest BCUT2D eigenvalue weighted by atomic mass is 10.0. The van der Waals surface area contributed by atoms with Crippen molar-refractivity contribution in [3.05, 3.63) is 12.2 Å². The monoisotopic (exact) mass is 752 g/mol. The van der Waals surface area contributed by atoms with E-state index in [9.17, 15) is 19.5 Å². The molecule has 0 bridgehead atoms. The quantitative estimate of drug-likeness (QED) is 0.0266. The molecule has 0 saturated heterocycles. The zero-order valence-corrected chi connectivity index (χ0v) is 35.4. The van der Waals surface area contributed by atoms with Crippen LogP contribution in [0.5, 0.6) is 0 Å². The lowest BCUT2D eigenvalue weighted by Crippen LogP contribution is -2.55. The zero-order valence-electron chi connectivity index (χ0n) is 35.4. The molecule has 53 heavy (non-hydrogen) atoms. The number of likely N-dealkylation sites (N-methyl/N-ethyl adjacent to an activating group) is 1. The lowest BCUT2D eigenvalue weighted by molar-refractivity contribution is -0.889. The molecule has 312 valence electrons. The number of carbonyl (C=O) groups is 3. The molecule has 2 unspecified atom stereocenters. The Morgan fingerprint density at radius 3 is 1.42 bits per heavy atom. The van der Waals surface area contributed by atoms with Gasteiger partial charge in [0.15, 0.2) is 6.10 Å². The van der Waals surface area contributed by atoms with Crippen LogP contribution in [-0.4, -0.2) is 75.5 Å². The molecule has 0 radical (unpaired) electrons. The summed E-state index contributed by atoms with van der Waals surface area (Å²) in [5, 5.41) is 11.6. The number of hydrogen-bond donors (Lipinski definition) is 0. The number of rotatable bonds is 40. The van der Waals surface area contributed by atoms with Crippen LogP contribution >= 0.6 is 0 Å². The van der Waals surface area contributed by atoms with Crippen LogP contribution in [0, 0.1) is 0 Å². The third kappa shape index (κ3) is 35.5. The van der Waals surface area contributed by atoms with Gasteiger partial charge in [-0.05, 0) is 32.1 Å². The second kappa shape index (κ2) is 37.0. The Balaban J connectivity index is 4.25. The molecule has 0 fully saturated rings. The molecule has 0 aliphatic heterocycles. The first-order chi connectivity index (χ1) is 25.6. The maximum absolute atomic E-state index is 12.7. The first-order valence-electron chi connectivity index (χ1n) is 22.2. The van der Waals surface area contributed by atoms with Crippen molar-refractivity contribution >= 4 is 17.9 Å². The van der Waals surface area contributed by atoms with Gasteiger partial charge in [-0.15, -0.1) is 0 Å². The van der Waals surface area contributed by atoms with E-state index in [4.69, 9.17) is 14.2 Å². The number of nitrogens with zero attached hydrogens (tertiary/aromatic N) is 1. The number of esters is 2. The maximum Gasteiger partial charge on any atom is 0.306 e. The van der Waals surface area contributed by atoms with Crippen LogP contribution in [0.2, 0.25) is 0 Å². The molecule has 0 heterocycles. The Morgan fingerprint density at radius 1 is 0.547 bits per heavy atom. The van der Waals surface area contributed by atoms with Crippen molar-refractivity contribution in [2.45, 2.75) is 219 Å². The number of carboxylic acid groups (broad SMARTS) is 1. The van der Waals surface area contributed by atoms with Crippen molar-refractivity contribution in [3.63, 3.8) is 0 Å². The lowest BCUT2D eigenvalue weighted by Gasteiger charge is -2.34. The Kier molecular flexibility index (Phi) is 35.7. The SMILES string of the molecule is CCCC/C=C/CCCCCCC(=O)OCC(COCCC(C(=O)[O-])[N+](C)(C)C)OC(=O)CCCCCCCCCCCCCCCCCCCCC. The number of aliphatic carboxylic acids is 1. The summed E-state index contributed by atoms with van der Waals surface area (Å²) >= 11 is 0. The van der Waals surface area contributed by atoms with E-state index in [1.165, 1.54) is 116 Å². The van der Waals surface area contributed by atoms with Crippen LogP contribution in [0.25, 0.3) is 0 Å². The van der Waals surface area contributed by atoms with Gasteiger partial charge >= 0.3 is 11.9 Å². The van der Waals surface area contributed by atoms with Crippen molar-refractivity contribution in [3.8, 4) is 0 Å². The van der Waals surface area contributed by atoms with E-state index in [1.807, 2.05) is 0 Å². The van der Waals surface area contributed by atoms with Gasteiger partial charge in [0.2, 0.25) is 0 Å². The van der Waals surface area contributed by atoms with Gasteiger partial charge in [-0.2, -0.15) is 0 Å². The minimum Gasteiger partial charge on any atom is -0.544 e. The highest BCUT2D eigenvalue weighted by Gasteiger charge is 2.25. The minimum atomic E-state index is -1.12. The van der Waals surface area contributed by atoms with Crippen molar-refractivity contribution in [1.29, 1.82) is 0 Å². The number of carbonyl (C=O) groups excluding carboxylic acids is 3. The van der Waals surface area contributed by atoms with E-state index >= 15 is 0 Å². The van der Waals surface area contributed by atoms with Crippen LogP contribution in [-0.2, 0) is 28.6 Å². The van der Waals surface area contributed by atoms with Gasteiger partial charge in [0, 0.05) is 19.3 Å². The van der Waals surface area contributed by atoms with E-state index in [1.54, 1.807) is 21.1 Å². The van der Waals surface area contributed by atoms with Crippen molar-refractivity contribution in [2.24, 2.45) is 0 Å². The van der Waals surface area contributed by atoms with Crippen molar-refractivity contribution < 1.29 is 38.2 Å². The summed E-state index contributed by atoms with van der Waals surface area (Å²) in [5.41, 5.74) is 0. The van der Waals surface area contributed by atoms with Gasteiger partial charge in [-0.1, -0.05) is 167 Å². The molecule has 8 heteroatoms. The van der Waals surface area contributed by atoms with Gasteiger partial charge in [0.05, 0.1) is 40.3 Å². The van der Waals surface area contributed by atoms with E-state index in [-0.39, 0.29) is 42.7 Å². The molecule has 0 aliphatic rings. The first-order valence-corrected chi connectivity index (χ1v) is 22.2. The Morgan fingerprint density at radius 2 is 0.962 bits per heavy atom. The van der Waals surface area contributed by atoms with E-state index < -0.39 is 18.1 Å². The summed E-state index contributed by atoms with van der Waals surface area (Å²) in [6.07, 6.45) is 38.1. The summed E-state index contributed by atoms with van der Waals surface area (Å²) in [6.45, 7) is 4.63. The molecule has 0 aliphatic carbocycles. The molecule has 0 aromatic carbocycles. The Hall–Kier alpha value is -1.93. The third-order valence-electron chi connectivity index (χ3n) is 10.2. The molecule has 2 atom stereocenters. The van der Waals surface area contributed by atoms with Gasteiger partial charge in [-0.25, -0.2) is 0 Å². The van der Waals surface area contributed by atoms with Gasteiger partial charge in [0.25, 0.3) is 0 Å². The second-order valence-corrected chi connectivity index (χ2v) is 16.3. The average molecular weight is 752 g/mol. The van der Waals surface area contributed by atoms with Gasteiger partial charge in [0.1, 0.15) is 12.6 Å². The number of hydrogen-bond acceptors (Lipinski definition) is 7. The summed E-state index contributed by atoms with van der Waals surface area (Å²) in [4.78, 5) is 36.7. The van der Waals surface area contributed by atoms with E-state index in [0.717, 1.165) is 57.8 Å². The molecule has 0 saturated carbocycles. The number of carboxylic acids is 1. The Labute approximate surface area is 327 Å². The standard InChI is InChI=1S/C45H85NO7/c1-6-8-10-12-14-16-18-19-20-21-22-23-24-25-26-28-30-32-34-36-44(48)53-41(39-51-38-37-42(45(49)50)46(3,4)5)40-52-43(47)35-33-31-29-27-17-15-13-11-9-7-2/h13,15,41-42H,6-12,14,16-40H2,1-5H3/b15-13+. The number of quaternary nitrogens is 1. The van der Waals surface area contributed by atoms with Crippen molar-refractivity contribution in [2.75, 3.05) is 41.0 Å². The normalized spacial score (nSPS) is 13.0. The topological polar surface area (TPSA) is 102 Å². The molecule has 0 rings (SSSR count). The van der Waals surface area contributed by atoms with Crippen molar-refractivity contribution in [1.82, 2.24) is 0 Å². The highest BCUT2D eigenvalue weighted by Crippen LogP contribution is 2.16. The van der Waals surface area contributed by atoms with Crippen LogP contribution in [0.15, 0.2) is 12.2 Å². The summed E-state index contributed by atoms with van der Waals surface area (Å²) in [7, 11) is 5.41. The van der Waals surface area contributed by atoms with Crippen LogP contribution in [0.1, 0.15) is 206 Å². The first kappa shape index (κ1) is 51.1. The fourth-order valence-corrected chi connectivity index (χ4v) is 6.64. The molecule has 0 N–H and O–H groups in total. The highest BCUT2D eigenvalue weighted by molar-refractivity contribution is 5.70. The fraction of sp³-hybridized carbons (Fsp3) is 0.889. The zero-order chi connectivity index (χ0) is 39.3. The molecule has 0 aromatic heterocycles. The third-order valence-corrected chi connectivity index (χ3v) is 10.2. The van der Waals surface area contributed by atoms with E-state index in [0.29, 0.717) is 12.8 Å². The van der Waals surface area contributed by atoms with Gasteiger partial charge < -0.3 is 28.6 Å². The molecule has 0 aromatic rings. The summed E-state index contributed by atoms with van der Waals surface area (Å²) in [6, 6.07) is -0.722. The maximum atomic E-state index is 12.7. The molecular formula is C45H85NO7. The number of ether oxygens (including phenoxy) is 3. The second-order valence-electron chi connectivity index (χ2n) is 16.3. The van der Waals surface area contributed by atoms with Crippen LogP contribution < -0.4 is 5.11 Å². The van der Waals surface area contributed by atoms with Gasteiger partial charge in [-0.3, -0.25) is 9.59 Å². The average Bonchev–Trinajstić information content (AvgIpc) is 3.11. The molecule has 0 amide bonds. The fourth-order valence-electron chi connectivity index (χ4n) is 6.64. The molecule has 0 spiro atoms.